The highest BCUT2D eigenvalue weighted by Gasteiger charge is 2.22. The monoisotopic (exact) mass is 389 g/mol. The van der Waals surface area contributed by atoms with Gasteiger partial charge in [0, 0.05) is 30.7 Å². The molecule has 0 aliphatic carbocycles. The Morgan fingerprint density at radius 2 is 2.19 bits per heavy atom. The third-order valence-corrected chi connectivity index (χ3v) is 6.13. The van der Waals surface area contributed by atoms with Crippen LogP contribution in [0.25, 0.3) is 0 Å². The van der Waals surface area contributed by atoms with E-state index in [0.29, 0.717) is 18.3 Å². The third-order valence-electron chi connectivity index (χ3n) is 5.27. The molecule has 6 nitrogen and oxygen atoms in total. The van der Waals surface area contributed by atoms with Gasteiger partial charge in [-0.3, -0.25) is 9.48 Å². The molecular formula is C20H31N5OS. The molecule has 27 heavy (non-hydrogen) atoms. The van der Waals surface area contributed by atoms with E-state index in [9.17, 15) is 4.79 Å². The quantitative estimate of drug-likeness (QED) is 0.717. The second-order valence-electron chi connectivity index (χ2n) is 7.01. The Balaban J connectivity index is 1.70. The van der Waals surface area contributed by atoms with Crippen molar-refractivity contribution in [3.8, 4) is 0 Å². The van der Waals surface area contributed by atoms with Gasteiger partial charge in [-0.2, -0.15) is 5.10 Å². The number of likely N-dealkylation sites (N-methyl/N-ethyl adjacent to an activating group) is 1. The number of nitrogens with zero attached hydrogens (tertiary/aromatic N) is 4. The van der Waals surface area contributed by atoms with Crippen molar-refractivity contribution in [1.29, 1.82) is 0 Å². The van der Waals surface area contributed by atoms with Gasteiger partial charge >= 0.3 is 0 Å². The number of carbonyl (C=O) groups is 1. The number of piperidine rings is 1. The molecule has 1 fully saturated rings. The lowest BCUT2D eigenvalue weighted by molar-refractivity contribution is 0.0718. The van der Waals surface area contributed by atoms with Crippen molar-refractivity contribution in [1.82, 2.24) is 24.9 Å². The number of thiophene rings is 1. The summed E-state index contributed by atoms with van der Waals surface area (Å²) in [5.41, 5.74) is 0.552. The van der Waals surface area contributed by atoms with E-state index in [2.05, 4.69) is 40.6 Å². The molecule has 0 saturated carbocycles. The molecule has 1 aliphatic heterocycles. The van der Waals surface area contributed by atoms with E-state index in [0.717, 1.165) is 52.1 Å². The van der Waals surface area contributed by atoms with Gasteiger partial charge in [-0.25, -0.2) is 0 Å². The van der Waals surface area contributed by atoms with Gasteiger partial charge in [0.1, 0.15) is 5.69 Å². The van der Waals surface area contributed by atoms with Gasteiger partial charge in [-0.1, -0.05) is 19.9 Å². The number of hydrogen-bond acceptors (Lipinski definition) is 5. The van der Waals surface area contributed by atoms with Gasteiger partial charge in [-0.05, 0) is 50.0 Å². The van der Waals surface area contributed by atoms with Gasteiger partial charge in [0.15, 0.2) is 0 Å². The number of hydrogen-bond donors (Lipinski definition) is 1. The minimum Gasteiger partial charge on any atom is -0.331 e. The second kappa shape index (κ2) is 10.0. The Morgan fingerprint density at radius 3 is 2.85 bits per heavy atom. The van der Waals surface area contributed by atoms with Crippen LogP contribution in [-0.4, -0.2) is 64.8 Å². The highest BCUT2D eigenvalue weighted by Crippen LogP contribution is 2.18. The largest absolute Gasteiger partial charge is 0.331 e. The Hall–Kier alpha value is -1.70. The van der Waals surface area contributed by atoms with Crippen LogP contribution in [0.5, 0.6) is 0 Å². The van der Waals surface area contributed by atoms with Crippen molar-refractivity contribution in [2.45, 2.75) is 39.3 Å². The summed E-state index contributed by atoms with van der Waals surface area (Å²) in [5, 5.41) is 10.1. The highest BCUT2D eigenvalue weighted by atomic mass is 32.1. The van der Waals surface area contributed by atoms with Gasteiger partial charge in [0.05, 0.1) is 12.6 Å². The molecule has 1 amide bonds. The second-order valence-corrected chi connectivity index (χ2v) is 8.05. The Labute approximate surface area is 166 Å². The fourth-order valence-corrected chi connectivity index (χ4v) is 4.24. The first-order chi connectivity index (χ1) is 13.2. The van der Waals surface area contributed by atoms with E-state index in [1.807, 2.05) is 27.9 Å². The van der Waals surface area contributed by atoms with E-state index in [-0.39, 0.29) is 5.91 Å². The lowest BCUT2D eigenvalue weighted by Crippen LogP contribution is -2.38. The number of carbonyl (C=O) groups excluding carboxylic acids is 1. The normalized spacial score (nSPS) is 17.4. The molecule has 1 atom stereocenters. The molecular weight excluding hydrogens is 358 g/mol. The molecule has 1 aliphatic rings. The molecule has 148 valence electrons. The van der Waals surface area contributed by atoms with Crippen molar-refractivity contribution >= 4 is 17.2 Å². The molecule has 3 heterocycles. The first-order valence-electron chi connectivity index (χ1n) is 10.0. The first-order valence-corrected chi connectivity index (χ1v) is 10.9. The standard InChI is InChI=1S/C20H31N5OS/c1-3-23(4-2)12-13-24(16-18-8-6-14-27-18)20(26)19-9-11-25(22-19)17-7-5-10-21-15-17/h6,8-9,11,14,17,21H,3-5,7,10,12-13,15-16H2,1-2H3. The average molecular weight is 390 g/mol. The Morgan fingerprint density at radius 1 is 1.33 bits per heavy atom. The van der Waals surface area contributed by atoms with Crippen LogP contribution >= 0.6 is 11.3 Å². The van der Waals surface area contributed by atoms with Crippen LogP contribution in [0.4, 0.5) is 0 Å². The number of amides is 1. The van der Waals surface area contributed by atoms with Gasteiger partial charge in [0.25, 0.3) is 5.91 Å². The van der Waals surface area contributed by atoms with Crippen LogP contribution in [0.15, 0.2) is 29.8 Å². The molecule has 3 rings (SSSR count). The van der Waals surface area contributed by atoms with Crippen molar-refractivity contribution in [3.63, 3.8) is 0 Å². The van der Waals surface area contributed by atoms with Crippen LogP contribution in [-0.2, 0) is 6.54 Å². The van der Waals surface area contributed by atoms with E-state index >= 15 is 0 Å². The molecule has 1 unspecified atom stereocenters. The summed E-state index contributed by atoms with van der Waals surface area (Å²) in [6.45, 7) is 10.6. The predicted molar refractivity (Wildman–Crippen MR) is 110 cm³/mol. The Bertz CT molecular complexity index is 689. The van der Waals surface area contributed by atoms with E-state index < -0.39 is 0 Å². The number of rotatable bonds is 9. The van der Waals surface area contributed by atoms with Crippen molar-refractivity contribution in [3.05, 3.63) is 40.3 Å². The lowest BCUT2D eigenvalue weighted by atomic mass is 10.1. The van der Waals surface area contributed by atoms with Crippen LogP contribution < -0.4 is 5.32 Å². The van der Waals surface area contributed by atoms with Gasteiger partial charge in [-0.15, -0.1) is 11.3 Å². The maximum absolute atomic E-state index is 13.2. The van der Waals surface area contributed by atoms with Crippen LogP contribution in [0.1, 0.15) is 48.1 Å². The van der Waals surface area contributed by atoms with Crippen LogP contribution in [0.2, 0.25) is 0 Å². The van der Waals surface area contributed by atoms with Gasteiger partial charge in [0.2, 0.25) is 0 Å². The summed E-state index contributed by atoms with van der Waals surface area (Å²) in [7, 11) is 0. The zero-order valence-electron chi connectivity index (χ0n) is 16.4. The maximum Gasteiger partial charge on any atom is 0.274 e. The zero-order valence-corrected chi connectivity index (χ0v) is 17.2. The van der Waals surface area contributed by atoms with Gasteiger partial charge < -0.3 is 15.1 Å². The lowest BCUT2D eigenvalue weighted by Gasteiger charge is -2.26. The first kappa shape index (κ1) is 20.0. The van der Waals surface area contributed by atoms with E-state index in [4.69, 9.17) is 0 Å². The van der Waals surface area contributed by atoms with E-state index in [1.165, 1.54) is 4.88 Å². The molecule has 0 aromatic carbocycles. The summed E-state index contributed by atoms with van der Waals surface area (Å²) in [5.74, 6) is 0.0260. The highest BCUT2D eigenvalue weighted by molar-refractivity contribution is 7.09. The SMILES string of the molecule is CCN(CC)CCN(Cc1cccs1)C(=O)c1ccn(C2CCCNC2)n1. The summed E-state index contributed by atoms with van der Waals surface area (Å²) in [6, 6.07) is 6.35. The van der Waals surface area contributed by atoms with Crippen molar-refractivity contribution in [2.75, 3.05) is 39.3 Å². The Kier molecular flexibility index (Phi) is 7.43. The van der Waals surface area contributed by atoms with E-state index in [1.54, 1.807) is 11.3 Å². The third kappa shape index (κ3) is 5.40. The average Bonchev–Trinajstić information content (AvgIpc) is 3.40. The molecule has 2 aromatic heterocycles. The van der Waals surface area contributed by atoms with Crippen LogP contribution in [0, 0.1) is 0 Å². The molecule has 1 saturated heterocycles. The summed E-state index contributed by atoms with van der Waals surface area (Å²) in [6.07, 6.45) is 4.23. The number of aromatic nitrogens is 2. The summed E-state index contributed by atoms with van der Waals surface area (Å²) in [4.78, 5) is 18.7. The fraction of sp³-hybridized carbons (Fsp3) is 0.600. The minimum absolute atomic E-state index is 0.0260. The molecule has 0 bridgehead atoms. The van der Waals surface area contributed by atoms with Crippen LogP contribution in [0.3, 0.4) is 0 Å². The molecule has 0 radical (unpaired) electrons. The smallest absolute Gasteiger partial charge is 0.274 e. The fourth-order valence-electron chi connectivity index (χ4n) is 3.52. The summed E-state index contributed by atoms with van der Waals surface area (Å²) < 4.78 is 1.97. The molecule has 1 N–H and O–H groups in total. The molecule has 7 heteroatoms. The summed E-state index contributed by atoms with van der Waals surface area (Å²) >= 11 is 1.70. The van der Waals surface area contributed by atoms with Crippen molar-refractivity contribution < 1.29 is 4.79 Å². The minimum atomic E-state index is 0.0260. The maximum atomic E-state index is 13.2. The topological polar surface area (TPSA) is 53.4 Å². The molecule has 0 spiro atoms. The molecule has 2 aromatic rings. The van der Waals surface area contributed by atoms with Crippen molar-refractivity contribution in [2.24, 2.45) is 0 Å². The zero-order chi connectivity index (χ0) is 19.1. The predicted octanol–water partition coefficient (Wildman–Crippen LogP) is 2.85. The number of nitrogens with one attached hydrogen (secondary N) is 1.